The van der Waals surface area contributed by atoms with Crippen LogP contribution in [0.4, 0.5) is 11.6 Å². The van der Waals surface area contributed by atoms with Crippen molar-refractivity contribution in [2.24, 2.45) is 0 Å². The van der Waals surface area contributed by atoms with Gasteiger partial charge in [-0.25, -0.2) is 8.42 Å². The molecule has 8 nitrogen and oxygen atoms in total. The average molecular weight is 449 g/mol. The Balaban J connectivity index is 1.75. The minimum atomic E-state index is -3.98. The van der Waals surface area contributed by atoms with Crippen LogP contribution in [-0.2, 0) is 16.4 Å². The van der Waals surface area contributed by atoms with E-state index in [0.717, 1.165) is 11.1 Å². The Kier molecular flexibility index (Phi) is 5.74. The molecule has 3 aromatic carbocycles. The van der Waals surface area contributed by atoms with Gasteiger partial charge in [0.25, 0.3) is 5.69 Å². The van der Waals surface area contributed by atoms with Gasteiger partial charge in [0.1, 0.15) is 0 Å². The van der Waals surface area contributed by atoms with Crippen LogP contribution in [0.25, 0.3) is 11.5 Å². The minimum absolute atomic E-state index is 0.00257. The monoisotopic (exact) mass is 449 g/mol. The molecule has 0 saturated carbocycles. The molecule has 9 heteroatoms. The molecule has 4 rings (SSSR count). The zero-order chi connectivity index (χ0) is 22.7. The van der Waals surface area contributed by atoms with Crippen LogP contribution in [0.1, 0.15) is 11.1 Å². The highest BCUT2D eigenvalue weighted by molar-refractivity contribution is 7.91. The van der Waals surface area contributed by atoms with Crippen molar-refractivity contribution in [3.63, 3.8) is 0 Å². The average Bonchev–Trinajstić information content (AvgIpc) is 3.24. The van der Waals surface area contributed by atoms with Crippen LogP contribution in [0.15, 0.2) is 93.2 Å². The second-order valence-corrected chi connectivity index (χ2v) is 8.98. The van der Waals surface area contributed by atoms with E-state index in [0.29, 0.717) is 12.1 Å². The molecular weight excluding hydrogens is 430 g/mol. The molecule has 0 saturated heterocycles. The molecule has 0 atom stereocenters. The SMILES string of the molecule is Cc1ccc(S(=O)(=O)c2nc(-c3ccc([N+](=O)[O-])cc3)oc2NCc2ccccc2)cc1. The Morgan fingerprint density at radius 2 is 1.62 bits per heavy atom. The highest BCUT2D eigenvalue weighted by atomic mass is 32.2. The minimum Gasteiger partial charge on any atom is -0.419 e. The number of nitro benzene ring substituents is 1. The molecule has 0 fully saturated rings. The van der Waals surface area contributed by atoms with Gasteiger partial charge in [-0.05, 0) is 36.8 Å². The number of sulfone groups is 1. The smallest absolute Gasteiger partial charge is 0.269 e. The fraction of sp³-hybridized carbons (Fsp3) is 0.0870. The molecule has 0 amide bonds. The predicted molar refractivity (Wildman–Crippen MR) is 119 cm³/mol. The van der Waals surface area contributed by atoms with Gasteiger partial charge in [-0.15, -0.1) is 0 Å². The summed E-state index contributed by atoms with van der Waals surface area (Å²) >= 11 is 0. The lowest BCUT2D eigenvalue weighted by Crippen LogP contribution is -2.07. The molecule has 0 aliphatic rings. The molecule has 32 heavy (non-hydrogen) atoms. The van der Waals surface area contributed by atoms with E-state index in [1.165, 1.54) is 36.4 Å². The molecule has 0 aliphatic heterocycles. The van der Waals surface area contributed by atoms with Crippen LogP contribution in [0.3, 0.4) is 0 Å². The summed E-state index contributed by atoms with van der Waals surface area (Å²) in [4.78, 5) is 14.7. The lowest BCUT2D eigenvalue weighted by Gasteiger charge is -2.06. The van der Waals surface area contributed by atoms with Crippen LogP contribution >= 0.6 is 0 Å². The van der Waals surface area contributed by atoms with Gasteiger partial charge < -0.3 is 9.73 Å². The van der Waals surface area contributed by atoms with Crippen molar-refractivity contribution in [2.75, 3.05) is 5.32 Å². The maximum atomic E-state index is 13.3. The number of anilines is 1. The molecule has 1 heterocycles. The van der Waals surface area contributed by atoms with Gasteiger partial charge in [0.05, 0.1) is 9.82 Å². The maximum absolute atomic E-state index is 13.3. The van der Waals surface area contributed by atoms with Gasteiger partial charge in [-0.2, -0.15) is 4.98 Å². The number of nitro groups is 1. The second-order valence-electron chi connectivity index (χ2n) is 7.11. The molecular formula is C23H19N3O5S. The largest absolute Gasteiger partial charge is 0.419 e. The molecule has 1 aromatic heterocycles. The lowest BCUT2D eigenvalue weighted by atomic mass is 10.2. The van der Waals surface area contributed by atoms with Crippen molar-refractivity contribution in [2.45, 2.75) is 23.4 Å². The summed E-state index contributed by atoms with van der Waals surface area (Å²) in [5.41, 5.74) is 2.19. The van der Waals surface area contributed by atoms with E-state index < -0.39 is 14.8 Å². The lowest BCUT2D eigenvalue weighted by molar-refractivity contribution is -0.384. The number of nitrogens with one attached hydrogen (secondary N) is 1. The molecule has 162 valence electrons. The molecule has 0 aliphatic carbocycles. The molecule has 0 radical (unpaired) electrons. The van der Waals surface area contributed by atoms with E-state index in [4.69, 9.17) is 4.42 Å². The summed E-state index contributed by atoms with van der Waals surface area (Å²) in [6.45, 7) is 2.19. The number of nitrogens with zero attached hydrogens (tertiary/aromatic N) is 2. The van der Waals surface area contributed by atoms with Gasteiger partial charge in [0.15, 0.2) is 0 Å². The van der Waals surface area contributed by atoms with Crippen molar-refractivity contribution >= 4 is 21.4 Å². The summed E-state index contributed by atoms with van der Waals surface area (Å²) in [5, 5.41) is 13.7. The van der Waals surface area contributed by atoms with Crippen molar-refractivity contribution in [3.8, 4) is 11.5 Å². The van der Waals surface area contributed by atoms with E-state index in [1.807, 2.05) is 37.3 Å². The first kappa shape index (κ1) is 21.3. The fourth-order valence-corrected chi connectivity index (χ4v) is 4.34. The van der Waals surface area contributed by atoms with E-state index in [2.05, 4.69) is 10.3 Å². The van der Waals surface area contributed by atoms with Crippen LogP contribution in [0.2, 0.25) is 0 Å². The van der Waals surface area contributed by atoms with Gasteiger partial charge in [-0.1, -0.05) is 48.0 Å². The number of non-ortho nitro benzene ring substituents is 1. The highest BCUT2D eigenvalue weighted by Gasteiger charge is 2.28. The van der Waals surface area contributed by atoms with E-state index >= 15 is 0 Å². The number of benzene rings is 3. The standard InChI is InChI=1S/C23H19N3O5S/c1-16-7-13-20(14-8-16)32(29,30)23-22(24-15-17-5-3-2-4-6-17)31-21(25-23)18-9-11-19(12-10-18)26(27)28/h2-14,24H,15H2,1H3. The first-order valence-electron chi connectivity index (χ1n) is 9.70. The quantitative estimate of drug-likeness (QED) is 0.312. The van der Waals surface area contributed by atoms with E-state index in [9.17, 15) is 18.5 Å². The zero-order valence-electron chi connectivity index (χ0n) is 17.1. The van der Waals surface area contributed by atoms with Crippen molar-refractivity contribution in [1.82, 2.24) is 4.98 Å². The molecule has 0 unspecified atom stereocenters. The fourth-order valence-electron chi connectivity index (χ4n) is 3.06. The van der Waals surface area contributed by atoms with Crippen molar-refractivity contribution < 1.29 is 17.8 Å². The Labute approximate surface area is 184 Å². The first-order valence-corrected chi connectivity index (χ1v) is 11.2. The second kappa shape index (κ2) is 8.64. The number of rotatable bonds is 7. The topological polar surface area (TPSA) is 115 Å². The summed E-state index contributed by atoms with van der Waals surface area (Å²) in [7, 11) is -3.98. The third-order valence-electron chi connectivity index (χ3n) is 4.80. The van der Waals surface area contributed by atoms with Crippen LogP contribution in [-0.4, -0.2) is 18.3 Å². The van der Waals surface area contributed by atoms with Gasteiger partial charge in [-0.3, -0.25) is 10.1 Å². The normalized spacial score (nSPS) is 11.3. The van der Waals surface area contributed by atoms with E-state index in [1.54, 1.807) is 12.1 Å². The molecule has 4 aromatic rings. The summed E-state index contributed by atoms with van der Waals surface area (Å²) < 4.78 is 32.4. The Morgan fingerprint density at radius 3 is 2.25 bits per heavy atom. The molecule has 1 N–H and O–H groups in total. The number of hydrogen-bond donors (Lipinski definition) is 1. The Morgan fingerprint density at radius 1 is 0.969 bits per heavy atom. The van der Waals surface area contributed by atoms with Crippen LogP contribution in [0.5, 0.6) is 0 Å². The molecule has 0 spiro atoms. The highest BCUT2D eigenvalue weighted by Crippen LogP contribution is 2.33. The summed E-state index contributed by atoms with van der Waals surface area (Å²) in [5.74, 6) is 0.0453. The first-order chi connectivity index (χ1) is 15.3. The Bertz CT molecular complexity index is 1350. The Hall–Kier alpha value is -3.98. The third kappa shape index (κ3) is 4.37. The number of oxazole rings is 1. The number of hydrogen-bond acceptors (Lipinski definition) is 7. The van der Waals surface area contributed by atoms with E-state index in [-0.39, 0.29) is 27.4 Å². The van der Waals surface area contributed by atoms with Gasteiger partial charge >= 0.3 is 0 Å². The van der Waals surface area contributed by atoms with Crippen molar-refractivity contribution in [1.29, 1.82) is 0 Å². The zero-order valence-corrected chi connectivity index (χ0v) is 17.9. The van der Waals surface area contributed by atoms with Crippen molar-refractivity contribution in [3.05, 3.63) is 100 Å². The maximum Gasteiger partial charge on any atom is 0.269 e. The van der Waals surface area contributed by atoms with Gasteiger partial charge in [0, 0.05) is 24.2 Å². The summed E-state index contributed by atoms with van der Waals surface area (Å²) in [6, 6.07) is 21.4. The number of aromatic nitrogens is 1. The number of aryl methyl sites for hydroxylation is 1. The van der Waals surface area contributed by atoms with Gasteiger partial charge in [0.2, 0.25) is 26.6 Å². The molecule has 0 bridgehead atoms. The van der Waals surface area contributed by atoms with Crippen LogP contribution < -0.4 is 5.32 Å². The predicted octanol–water partition coefficient (Wildman–Crippen LogP) is 5.00. The van der Waals surface area contributed by atoms with Crippen LogP contribution in [0, 0.1) is 17.0 Å². The third-order valence-corrected chi connectivity index (χ3v) is 6.48. The summed E-state index contributed by atoms with van der Waals surface area (Å²) in [6.07, 6.45) is 0.